The molecule has 6 heteroatoms. The Morgan fingerprint density at radius 3 is 2.62 bits per heavy atom. The number of fused-ring (bicyclic) bond motifs is 1. The summed E-state index contributed by atoms with van der Waals surface area (Å²) in [4.78, 5) is 24.7. The summed E-state index contributed by atoms with van der Waals surface area (Å²) in [6.07, 6.45) is 0.319. The van der Waals surface area contributed by atoms with Crippen molar-refractivity contribution >= 4 is 11.7 Å². The first-order chi connectivity index (χ1) is 11.4. The zero-order valence-corrected chi connectivity index (χ0v) is 14.4. The molecule has 0 bridgehead atoms. The monoisotopic (exact) mass is 329 g/mol. The van der Waals surface area contributed by atoms with Crippen molar-refractivity contribution in [1.29, 1.82) is 0 Å². The van der Waals surface area contributed by atoms with Gasteiger partial charge in [0.15, 0.2) is 0 Å². The van der Waals surface area contributed by atoms with E-state index in [1.54, 1.807) is 4.68 Å². The maximum Gasteiger partial charge on any atom is 0.270 e. The summed E-state index contributed by atoms with van der Waals surface area (Å²) in [5.74, 6) is 0.963. The van der Waals surface area contributed by atoms with E-state index in [9.17, 15) is 9.59 Å². The van der Waals surface area contributed by atoms with Crippen LogP contribution in [0.25, 0.3) is 0 Å². The average molecular weight is 329 g/mol. The molecule has 3 rings (SSSR count). The molecule has 0 radical (unpaired) electrons. The highest BCUT2D eigenvalue weighted by atomic mass is 16.5. The highest BCUT2D eigenvalue weighted by Gasteiger charge is 2.33. The molecular formula is C18H23N3O3. The number of hydrogen-bond donors (Lipinski definition) is 2. The van der Waals surface area contributed by atoms with Crippen molar-refractivity contribution < 1.29 is 9.53 Å². The molecule has 128 valence electrons. The number of ether oxygens (including phenoxy) is 1. The van der Waals surface area contributed by atoms with Crippen LogP contribution in [0.4, 0.5) is 5.82 Å². The largest absolute Gasteiger partial charge is 0.491 e. The third kappa shape index (κ3) is 2.96. The molecule has 2 aromatic rings. The van der Waals surface area contributed by atoms with Crippen molar-refractivity contribution in [2.75, 3.05) is 5.32 Å². The van der Waals surface area contributed by atoms with Crippen molar-refractivity contribution in [2.24, 2.45) is 0 Å². The number of benzene rings is 1. The molecule has 0 aliphatic carbocycles. The minimum Gasteiger partial charge on any atom is -0.491 e. The fourth-order valence-corrected chi connectivity index (χ4v) is 3.13. The van der Waals surface area contributed by atoms with Gasteiger partial charge in [-0.1, -0.05) is 12.1 Å². The molecule has 0 spiro atoms. The van der Waals surface area contributed by atoms with Crippen LogP contribution in [-0.4, -0.2) is 21.8 Å². The smallest absolute Gasteiger partial charge is 0.270 e. The number of hydrogen-bond acceptors (Lipinski definition) is 3. The Morgan fingerprint density at radius 1 is 1.21 bits per heavy atom. The molecule has 0 fully saturated rings. The Balaban J connectivity index is 2.08. The summed E-state index contributed by atoms with van der Waals surface area (Å²) in [5, 5.41) is 5.68. The SMILES string of the molecule is CC(C)Oc1cccc(C2CC(=O)Nc3c2c(=O)[nH]n3C(C)C)c1. The molecular weight excluding hydrogens is 306 g/mol. The third-order valence-electron chi connectivity index (χ3n) is 4.11. The van der Waals surface area contributed by atoms with E-state index in [4.69, 9.17) is 4.74 Å². The average Bonchev–Trinajstić information content (AvgIpc) is 2.83. The number of H-pyrrole nitrogens is 1. The van der Waals surface area contributed by atoms with E-state index in [2.05, 4.69) is 10.4 Å². The Labute approximate surface area is 140 Å². The fourth-order valence-electron chi connectivity index (χ4n) is 3.13. The van der Waals surface area contributed by atoms with Crippen molar-refractivity contribution in [3.05, 3.63) is 45.7 Å². The Bertz CT molecular complexity index is 817. The van der Waals surface area contributed by atoms with Crippen LogP contribution in [-0.2, 0) is 4.79 Å². The Kier molecular flexibility index (Phi) is 4.22. The quantitative estimate of drug-likeness (QED) is 0.905. The summed E-state index contributed by atoms with van der Waals surface area (Å²) in [6.45, 7) is 7.85. The lowest BCUT2D eigenvalue weighted by atomic mass is 9.87. The van der Waals surface area contributed by atoms with Crippen molar-refractivity contribution in [2.45, 2.75) is 52.2 Å². The number of anilines is 1. The van der Waals surface area contributed by atoms with Gasteiger partial charge in [0.05, 0.1) is 11.7 Å². The van der Waals surface area contributed by atoms with E-state index < -0.39 is 0 Å². The highest BCUT2D eigenvalue weighted by Crippen LogP contribution is 2.36. The maximum absolute atomic E-state index is 12.5. The number of carbonyl (C=O) groups is 1. The van der Waals surface area contributed by atoms with E-state index in [0.717, 1.165) is 11.3 Å². The van der Waals surface area contributed by atoms with Crippen LogP contribution >= 0.6 is 0 Å². The number of aromatic amines is 1. The van der Waals surface area contributed by atoms with E-state index >= 15 is 0 Å². The molecule has 24 heavy (non-hydrogen) atoms. The fraction of sp³-hybridized carbons (Fsp3) is 0.444. The molecule has 1 unspecified atom stereocenters. The van der Waals surface area contributed by atoms with Gasteiger partial charge >= 0.3 is 0 Å². The molecule has 1 aliphatic heterocycles. The molecule has 2 N–H and O–H groups in total. The van der Waals surface area contributed by atoms with Crippen LogP contribution in [0, 0.1) is 0 Å². The molecule has 1 atom stereocenters. The standard InChI is InChI=1S/C18H23N3O3/c1-10(2)21-17-16(18(23)20-21)14(9-15(22)19-17)12-6-5-7-13(8-12)24-11(3)4/h5-8,10-11,14H,9H2,1-4H3,(H,19,22)(H,20,23). The molecule has 2 heterocycles. The van der Waals surface area contributed by atoms with Crippen LogP contribution in [0.15, 0.2) is 29.1 Å². The number of rotatable bonds is 4. The van der Waals surface area contributed by atoms with Gasteiger partial charge < -0.3 is 10.1 Å². The molecule has 0 saturated heterocycles. The van der Waals surface area contributed by atoms with Gasteiger partial charge in [0.2, 0.25) is 5.91 Å². The molecule has 1 aliphatic rings. The second kappa shape index (κ2) is 6.19. The Morgan fingerprint density at radius 2 is 1.96 bits per heavy atom. The first kappa shape index (κ1) is 16.4. The Hall–Kier alpha value is -2.50. The zero-order chi connectivity index (χ0) is 17.4. The van der Waals surface area contributed by atoms with E-state index in [1.807, 2.05) is 52.0 Å². The van der Waals surface area contributed by atoms with Crippen LogP contribution in [0.2, 0.25) is 0 Å². The first-order valence-electron chi connectivity index (χ1n) is 8.27. The molecule has 1 aromatic heterocycles. The zero-order valence-electron chi connectivity index (χ0n) is 14.4. The van der Waals surface area contributed by atoms with E-state index in [-0.39, 0.29) is 36.0 Å². The first-order valence-corrected chi connectivity index (χ1v) is 8.27. The number of nitrogens with one attached hydrogen (secondary N) is 2. The van der Waals surface area contributed by atoms with Gasteiger partial charge in [-0.3, -0.25) is 19.4 Å². The summed E-state index contributed by atoms with van der Waals surface area (Å²) in [7, 11) is 0. The van der Waals surface area contributed by atoms with Gasteiger partial charge in [-0.2, -0.15) is 0 Å². The molecule has 1 amide bonds. The van der Waals surface area contributed by atoms with Crippen LogP contribution < -0.4 is 15.6 Å². The number of amides is 1. The second-order valence-corrected chi connectivity index (χ2v) is 6.71. The maximum atomic E-state index is 12.5. The second-order valence-electron chi connectivity index (χ2n) is 6.71. The van der Waals surface area contributed by atoms with Gasteiger partial charge in [-0.05, 0) is 45.4 Å². The summed E-state index contributed by atoms with van der Waals surface area (Å²) in [6, 6.07) is 7.69. The van der Waals surface area contributed by atoms with Gasteiger partial charge in [0, 0.05) is 18.4 Å². The number of carbonyl (C=O) groups excluding carboxylic acids is 1. The van der Waals surface area contributed by atoms with Gasteiger partial charge in [-0.15, -0.1) is 0 Å². The lowest BCUT2D eigenvalue weighted by Gasteiger charge is -2.24. The molecule has 1 aromatic carbocycles. The van der Waals surface area contributed by atoms with Crippen molar-refractivity contribution in [1.82, 2.24) is 9.78 Å². The van der Waals surface area contributed by atoms with Crippen molar-refractivity contribution in [3.8, 4) is 5.75 Å². The van der Waals surface area contributed by atoms with Crippen LogP contribution in [0.3, 0.4) is 0 Å². The normalized spacial score (nSPS) is 17.1. The third-order valence-corrected chi connectivity index (χ3v) is 4.11. The predicted molar refractivity (Wildman–Crippen MR) is 92.7 cm³/mol. The van der Waals surface area contributed by atoms with Gasteiger partial charge in [0.1, 0.15) is 11.6 Å². The molecule has 6 nitrogen and oxygen atoms in total. The van der Waals surface area contributed by atoms with Crippen LogP contribution in [0.1, 0.15) is 57.2 Å². The number of nitrogens with zero attached hydrogens (tertiary/aromatic N) is 1. The number of aromatic nitrogens is 2. The minimum absolute atomic E-state index is 0.0520. The van der Waals surface area contributed by atoms with E-state index in [0.29, 0.717) is 11.4 Å². The highest BCUT2D eigenvalue weighted by molar-refractivity contribution is 5.94. The van der Waals surface area contributed by atoms with Gasteiger partial charge in [-0.25, -0.2) is 0 Å². The lowest BCUT2D eigenvalue weighted by molar-refractivity contribution is -0.116. The van der Waals surface area contributed by atoms with Gasteiger partial charge in [0.25, 0.3) is 5.56 Å². The summed E-state index contributed by atoms with van der Waals surface area (Å²) >= 11 is 0. The lowest BCUT2D eigenvalue weighted by Crippen LogP contribution is -2.27. The molecule has 0 saturated carbocycles. The minimum atomic E-state index is -0.270. The summed E-state index contributed by atoms with van der Waals surface area (Å²) < 4.78 is 7.46. The predicted octanol–water partition coefficient (Wildman–Crippen LogP) is 3.02. The van der Waals surface area contributed by atoms with Crippen molar-refractivity contribution in [3.63, 3.8) is 0 Å². The van der Waals surface area contributed by atoms with Crippen LogP contribution in [0.5, 0.6) is 5.75 Å². The topological polar surface area (TPSA) is 76.1 Å². The van der Waals surface area contributed by atoms with E-state index in [1.165, 1.54) is 0 Å². The summed E-state index contributed by atoms with van der Waals surface area (Å²) in [5.41, 5.74) is 1.38.